The van der Waals surface area contributed by atoms with Gasteiger partial charge in [-0.2, -0.15) is 0 Å². The average Bonchev–Trinajstić information content (AvgIpc) is 2.98. The summed E-state index contributed by atoms with van der Waals surface area (Å²) in [4.78, 5) is 29.7. The molecule has 7 nitrogen and oxygen atoms in total. The number of methoxy groups -OCH3 is 2. The van der Waals surface area contributed by atoms with Crippen LogP contribution in [0.4, 0.5) is 5.69 Å². The van der Waals surface area contributed by atoms with E-state index in [1.165, 1.54) is 19.1 Å². The molecule has 0 spiro atoms. The highest BCUT2D eigenvalue weighted by atomic mass is 16.5. The Bertz CT molecular complexity index is 1030. The van der Waals surface area contributed by atoms with Crippen molar-refractivity contribution in [1.82, 2.24) is 4.90 Å². The number of hydrogen-bond donors (Lipinski definition) is 1. The van der Waals surface area contributed by atoms with Gasteiger partial charge in [-0.15, -0.1) is 0 Å². The summed E-state index contributed by atoms with van der Waals surface area (Å²) in [5.74, 6) is 0.138. The number of nitrogens with zero attached hydrogens (tertiary/aromatic N) is 2. The van der Waals surface area contributed by atoms with Gasteiger partial charge in [0.05, 0.1) is 32.1 Å². The van der Waals surface area contributed by atoms with Crippen LogP contribution < -0.4 is 14.4 Å². The number of aliphatic hydroxyl groups excluding tert-OH is 1. The second-order valence-electron chi connectivity index (χ2n) is 7.17. The van der Waals surface area contributed by atoms with Crippen LogP contribution in [0.15, 0.2) is 42.1 Å². The molecule has 0 aliphatic carbocycles. The van der Waals surface area contributed by atoms with Crippen molar-refractivity contribution in [3.63, 3.8) is 0 Å². The second-order valence-corrected chi connectivity index (χ2v) is 7.17. The molecule has 0 fully saturated rings. The largest absolute Gasteiger partial charge is 0.493 e. The lowest BCUT2D eigenvalue weighted by Crippen LogP contribution is -2.35. The summed E-state index contributed by atoms with van der Waals surface area (Å²) in [7, 11) is 4.73. The fourth-order valence-corrected chi connectivity index (χ4v) is 3.66. The Morgan fingerprint density at radius 3 is 2.27 bits per heavy atom. The van der Waals surface area contributed by atoms with Crippen molar-refractivity contribution in [2.24, 2.45) is 0 Å². The third-order valence-electron chi connectivity index (χ3n) is 5.14. The molecule has 1 N–H and O–H groups in total. The third-order valence-corrected chi connectivity index (χ3v) is 5.14. The molecule has 3 rings (SSSR count). The SMILES string of the molecule is COc1ccc(C2=C(N(C)CCO)C(=O)N(c3ccc(C)cc3C)C2=O)cc1OC. The summed E-state index contributed by atoms with van der Waals surface area (Å²) < 4.78 is 10.7. The van der Waals surface area contributed by atoms with E-state index < -0.39 is 11.8 Å². The summed E-state index contributed by atoms with van der Waals surface area (Å²) in [5.41, 5.74) is 3.45. The monoisotopic (exact) mass is 410 g/mol. The Hall–Kier alpha value is -3.32. The van der Waals surface area contributed by atoms with Gasteiger partial charge < -0.3 is 19.5 Å². The summed E-state index contributed by atoms with van der Waals surface area (Å²) in [6.07, 6.45) is 0. The van der Waals surface area contributed by atoms with Gasteiger partial charge in [0.15, 0.2) is 11.5 Å². The first-order valence-electron chi connectivity index (χ1n) is 9.58. The van der Waals surface area contributed by atoms with E-state index in [1.807, 2.05) is 26.0 Å². The number of carbonyl (C=O) groups is 2. The van der Waals surface area contributed by atoms with Gasteiger partial charge in [0.25, 0.3) is 11.8 Å². The number of ether oxygens (including phenoxy) is 2. The molecule has 2 amide bonds. The quantitative estimate of drug-likeness (QED) is 0.707. The molecule has 2 aromatic carbocycles. The second kappa shape index (κ2) is 8.59. The van der Waals surface area contributed by atoms with E-state index in [9.17, 15) is 14.7 Å². The lowest BCUT2D eigenvalue weighted by Gasteiger charge is -2.21. The van der Waals surface area contributed by atoms with Crippen molar-refractivity contribution < 1.29 is 24.2 Å². The Balaban J connectivity index is 2.18. The van der Waals surface area contributed by atoms with E-state index in [1.54, 1.807) is 36.2 Å². The highest BCUT2D eigenvalue weighted by molar-refractivity contribution is 6.45. The molecule has 0 saturated heterocycles. The first-order valence-corrected chi connectivity index (χ1v) is 9.58. The van der Waals surface area contributed by atoms with Crippen LogP contribution in [0.3, 0.4) is 0 Å². The maximum atomic E-state index is 13.5. The van der Waals surface area contributed by atoms with E-state index >= 15 is 0 Å². The number of carbonyl (C=O) groups excluding carboxylic acids is 2. The number of rotatable bonds is 7. The average molecular weight is 410 g/mol. The zero-order chi connectivity index (χ0) is 22.0. The molecule has 1 aliphatic heterocycles. The number of aliphatic hydroxyl groups is 1. The van der Waals surface area contributed by atoms with Crippen LogP contribution in [0.2, 0.25) is 0 Å². The zero-order valence-electron chi connectivity index (χ0n) is 17.9. The van der Waals surface area contributed by atoms with Crippen molar-refractivity contribution in [3.8, 4) is 11.5 Å². The van der Waals surface area contributed by atoms with E-state index in [0.717, 1.165) is 11.1 Å². The van der Waals surface area contributed by atoms with Gasteiger partial charge in [-0.3, -0.25) is 9.59 Å². The standard InChI is InChI=1S/C23H26N2O5/c1-14-6-8-17(15(2)12-14)25-22(27)20(21(23(25)28)24(3)10-11-26)16-7-9-18(29-4)19(13-16)30-5/h6-9,12-13,26H,10-11H2,1-5H3. The van der Waals surface area contributed by atoms with Crippen LogP contribution in [0, 0.1) is 13.8 Å². The summed E-state index contributed by atoms with van der Waals surface area (Å²) in [5, 5.41) is 9.40. The maximum absolute atomic E-state index is 13.5. The van der Waals surface area contributed by atoms with Gasteiger partial charge in [0.1, 0.15) is 5.70 Å². The molecule has 0 atom stereocenters. The van der Waals surface area contributed by atoms with Gasteiger partial charge in [-0.05, 0) is 43.2 Å². The van der Waals surface area contributed by atoms with Crippen molar-refractivity contribution in [2.45, 2.75) is 13.8 Å². The molecule has 7 heteroatoms. The number of benzene rings is 2. The van der Waals surface area contributed by atoms with Gasteiger partial charge in [-0.1, -0.05) is 23.8 Å². The highest BCUT2D eigenvalue weighted by Crippen LogP contribution is 2.38. The van der Waals surface area contributed by atoms with Gasteiger partial charge in [0, 0.05) is 13.6 Å². The van der Waals surface area contributed by atoms with Crippen LogP contribution in [-0.4, -0.2) is 56.2 Å². The molecule has 1 heterocycles. The lowest BCUT2D eigenvalue weighted by molar-refractivity contribution is -0.120. The molecule has 1 aliphatic rings. The lowest BCUT2D eigenvalue weighted by atomic mass is 10.0. The number of amides is 2. The topological polar surface area (TPSA) is 79.3 Å². The Labute approximate surface area is 176 Å². The first kappa shape index (κ1) is 21.4. The number of likely N-dealkylation sites (N-methyl/N-ethyl adjacent to an activating group) is 1. The fourth-order valence-electron chi connectivity index (χ4n) is 3.66. The highest BCUT2D eigenvalue weighted by Gasteiger charge is 2.42. The van der Waals surface area contributed by atoms with Crippen molar-refractivity contribution in [3.05, 3.63) is 58.8 Å². The van der Waals surface area contributed by atoms with E-state index in [-0.39, 0.29) is 24.4 Å². The minimum Gasteiger partial charge on any atom is -0.493 e. The normalized spacial score (nSPS) is 13.9. The Kier molecular flexibility index (Phi) is 6.12. The smallest absolute Gasteiger partial charge is 0.282 e. The predicted molar refractivity (Wildman–Crippen MR) is 115 cm³/mol. The maximum Gasteiger partial charge on any atom is 0.282 e. The summed E-state index contributed by atoms with van der Waals surface area (Å²) in [6, 6.07) is 10.7. The van der Waals surface area contributed by atoms with E-state index in [4.69, 9.17) is 9.47 Å². The number of aryl methyl sites for hydroxylation is 2. The minimum atomic E-state index is -0.423. The number of anilines is 1. The predicted octanol–water partition coefficient (Wildman–Crippen LogP) is 2.53. The fraction of sp³-hybridized carbons (Fsp3) is 0.304. The molecule has 0 radical (unpaired) electrons. The van der Waals surface area contributed by atoms with Crippen LogP contribution >= 0.6 is 0 Å². The van der Waals surface area contributed by atoms with Crippen LogP contribution in [0.25, 0.3) is 5.57 Å². The van der Waals surface area contributed by atoms with Crippen LogP contribution in [-0.2, 0) is 9.59 Å². The molecular formula is C23H26N2O5. The van der Waals surface area contributed by atoms with Crippen LogP contribution in [0.1, 0.15) is 16.7 Å². The van der Waals surface area contributed by atoms with Crippen molar-refractivity contribution in [2.75, 3.05) is 39.3 Å². The summed E-state index contributed by atoms with van der Waals surface area (Å²) >= 11 is 0. The Morgan fingerprint density at radius 1 is 0.967 bits per heavy atom. The first-order chi connectivity index (χ1) is 14.3. The summed E-state index contributed by atoms with van der Waals surface area (Å²) in [6.45, 7) is 3.89. The van der Waals surface area contributed by atoms with Crippen LogP contribution in [0.5, 0.6) is 11.5 Å². The molecule has 0 saturated carbocycles. The number of imide groups is 1. The van der Waals surface area contributed by atoms with Crippen molar-refractivity contribution in [1.29, 1.82) is 0 Å². The molecule has 0 bridgehead atoms. The molecule has 30 heavy (non-hydrogen) atoms. The molecule has 0 aromatic heterocycles. The molecular weight excluding hydrogens is 384 g/mol. The molecule has 2 aromatic rings. The molecule has 158 valence electrons. The van der Waals surface area contributed by atoms with Gasteiger partial charge in [-0.25, -0.2) is 4.90 Å². The third kappa shape index (κ3) is 3.64. The number of hydrogen-bond acceptors (Lipinski definition) is 6. The van der Waals surface area contributed by atoms with Gasteiger partial charge >= 0.3 is 0 Å². The van der Waals surface area contributed by atoms with E-state index in [2.05, 4.69) is 0 Å². The van der Waals surface area contributed by atoms with Crippen molar-refractivity contribution >= 4 is 23.1 Å². The molecule has 0 unspecified atom stereocenters. The minimum absolute atomic E-state index is 0.149. The Morgan fingerprint density at radius 2 is 1.67 bits per heavy atom. The van der Waals surface area contributed by atoms with E-state index in [0.29, 0.717) is 22.7 Å². The van der Waals surface area contributed by atoms with Gasteiger partial charge in [0.2, 0.25) is 0 Å². The zero-order valence-corrected chi connectivity index (χ0v) is 17.9.